The van der Waals surface area contributed by atoms with Gasteiger partial charge in [0.1, 0.15) is 22.4 Å². The van der Waals surface area contributed by atoms with Crippen molar-refractivity contribution in [1.82, 2.24) is 30.2 Å². The SMILES string of the molecule is O=C(C=Cc1c[nH]cn1)N[C@@H](Cc1ccccc1)c1nc(-c2ccc3[nH]c(=O)cc(O)c3c2)c(Cl)[nH]1. The lowest BCUT2D eigenvalue weighted by Gasteiger charge is -2.16. The maximum absolute atomic E-state index is 12.7. The molecule has 3 heterocycles. The van der Waals surface area contributed by atoms with Crippen LogP contribution in [-0.2, 0) is 11.2 Å². The fourth-order valence-corrected chi connectivity index (χ4v) is 4.17. The van der Waals surface area contributed by atoms with Crippen LogP contribution in [0.1, 0.15) is 23.1 Å². The van der Waals surface area contributed by atoms with E-state index >= 15 is 0 Å². The van der Waals surface area contributed by atoms with Gasteiger partial charge in [0.15, 0.2) is 0 Å². The number of rotatable bonds is 7. The highest BCUT2D eigenvalue weighted by Crippen LogP contribution is 2.32. The molecule has 0 aliphatic carbocycles. The third-order valence-electron chi connectivity index (χ3n) is 5.63. The van der Waals surface area contributed by atoms with E-state index in [1.807, 2.05) is 30.3 Å². The van der Waals surface area contributed by atoms with E-state index in [4.69, 9.17) is 16.6 Å². The van der Waals surface area contributed by atoms with Gasteiger partial charge in [0.25, 0.3) is 5.56 Å². The van der Waals surface area contributed by atoms with Crippen LogP contribution in [0.2, 0.25) is 5.15 Å². The molecule has 1 atom stereocenters. The van der Waals surface area contributed by atoms with Crippen LogP contribution in [-0.4, -0.2) is 35.9 Å². The topological polar surface area (TPSA) is 140 Å². The highest BCUT2D eigenvalue weighted by molar-refractivity contribution is 6.32. The molecule has 5 N–H and O–H groups in total. The second-order valence-corrected chi connectivity index (χ2v) is 8.52. The van der Waals surface area contributed by atoms with Crippen LogP contribution >= 0.6 is 11.6 Å². The second-order valence-electron chi connectivity index (χ2n) is 8.14. The Bertz CT molecular complexity index is 1610. The lowest BCUT2D eigenvalue weighted by Crippen LogP contribution is -2.29. The Hall–Kier alpha value is -4.63. The summed E-state index contributed by atoms with van der Waals surface area (Å²) in [4.78, 5) is 41.7. The third kappa shape index (κ3) is 5.06. The molecular formula is C26H21ClN6O3. The smallest absolute Gasteiger partial charge is 0.252 e. The zero-order chi connectivity index (χ0) is 25.1. The van der Waals surface area contributed by atoms with Gasteiger partial charge in [-0.25, -0.2) is 9.97 Å². The number of nitrogens with zero attached hydrogens (tertiary/aromatic N) is 2. The molecule has 0 spiro atoms. The van der Waals surface area contributed by atoms with Gasteiger partial charge in [-0.1, -0.05) is 48.0 Å². The average molecular weight is 501 g/mol. The quantitative estimate of drug-likeness (QED) is 0.214. The highest BCUT2D eigenvalue weighted by Gasteiger charge is 2.21. The Morgan fingerprint density at radius 1 is 1.14 bits per heavy atom. The van der Waals surface area contributed by atoms with Crippen molar-refractivity contribution in [2.45, 2.75) is 12.5 Å². The van der Waals surface area contributed by atoms with Crippen LogP contribution in [0.15, 0.2) is 78.0 Å². The monoisotopic (exact) mass is 500 g/mol. The van der Waals surface area contributed by atoms with Crippen LogP contribution in [0.3, 0.4) is 0 Å². The Balaban J connectivity index is 1.47. The van der Waals surface area contributed by atoms with Crippen LogP contribution in [0.25, 0.3) is 28.2 Å². The van der Waals surface area contributed by atoms with E-state index in [2.05, 4.69) is 25.3 Å². The van der Waals surface area contributed by atoms with Crippen molar-refractivity contribution in [2.24, 2.45) is 0 Å². The molecule has 0 radical (unpaired) electrons. The van der Waals surface area contributed by atoms with E-state index in [1.165, 1.54) is 12.4 Å². The largest absolute Gasteiger partial charge is 0.507 e. The molecule has 0 fully saturated rings. The third-order valence-corrected chi connectivity index (χ3v) is 5.90. The van der Waals surface area contributed by atoms with Crippen molar-refractivity contribution in [3.63, 3.8) is 0 Å². The lowest BCUT2D eigenvalue weighted by molar-refractivity contribution is -0.117. The van der Waals surface area contributed by atoms with Gasteiger partial charge in [-0.05, 0) is 30.2 Å². The number of imidazole rings is 2. The number of aromatic nitrogens is 5. The van der Waals surface area contributed by atoms with Gasteiger partial charge in [0, 0.05) is 29.3 Å². The molecule has 2 aromatic carbocycles. The molecule has 36 heavy (non-hydrogen) atoms. The van der Waals surface area contributed by atoms with Gasteiger partial charge in [-0.3, -0.25) is 9.59 Å². The van der Waals surface area contributed by atoms with E-state index < -0.39 is 11.6 Å². The van der Waals surface area contributed by atoms with Crippen molar-refractivity contribution in [3.05, 3.63) is 106 Å². The standard InChI is InChI=1S/C26H21ClN6O3/c27-25-24(16-6-8-19-18(11-16)21(34)12-23(36)30-19)32-26(33-25)20(10-15-4-2-1-3-5-15)31-22(35)9-7-17-13-28-14-29-17/h1-9,11-14,20H,10H2,(H,28,29)(H,31,35)(H,32,33)(H2,30,34,36)/t20-/m0/s1. The zero-order valence-corrected chi connectivity index (χ0v) is 19.6. The molecule has 1 amide bonds. The van der Waals surface area contributed by atoms with E-state index in [0.717, 1.165) is 11.6 Å². The molecule has 10 heteroatoms. The van der Waals surface area contributed by atoms with E-state index in [-0.39, 0.29) is 16.8 Å². The number of hydrogen-bond acceptors (Lipinski definition) is 5. The van der Waals surface area contributed by atoms with Crippen molar-refractivity contribution in [2.75, 3.05) is 0 Å². The Morgan fingerprint density at radius 3 is 2.75 bits per heavy atom. The summed E-state index contributed by atoms with van der Waals surface area (Å²) in [5.74, 6) is 0.0270. The molecule has 0 aliphatic heterocycles. The van der Waals surface area contributed by atoms with Gasteiger partial charge in [-0.2, -0.15) is 0 Å². The summed E-state index contributed by atoms with van der Waals surface area (Å²) in [6.45, 7) is 0. The fourth-order valence-electron chi connectivity index (χ4n) is 3.92. The number of benzene rings is 2. The summed E-state index contributed by atoms with van der Waals surface area (Å²) in [5.41, 5.74) is 2.84. The number of nitrogens with one attached hydrogen (secondary N) is 4. The minimum absolute atomic E-state index is 0.139. The summed E-state index contributed by atoms with van der Waals surface area (Å²) >= 11 is 6.53. The molecule has 0 saturated carbocycles. The Labute approximate surface area is 209 Å². The molecule has 0 saturated heterocycles. The fraction of sp³-hybridized carbons (Fsp3) is 0.0769. The Morgan fingerprint density at radius 2 is 1.97 bits per heavy atom. The second kappa shape index (κ2) is 9.93. The molecule has 0 bridgehead atoms. The minimum atomic E-state index is -0.500. The van der Waals surface area contributed by atoms with Crippen molar-refractivity contribution >= 4 is 34.5 Å². The molecule has 3 aromatic heterocycles. The van der Waals surface area contributed by atoms with E-state index in [1.54, 1.807) is 30.5 Å². The van der Waals surface area contributed by atoms with Gasteiger partial charge in [-0.15, -0.1) is 0 Å². The van der Waals surface area contributed by atoms with E-state index in [9.17, 15) is 14.7 Å². The number of carbonyl (C=O) groups excluding carboxylic acids is 1. The highest BCUT2D eigenvalue weighted by atomic mass is 35.5. The van der Waals surface area contributed by atoms with Gasteiger partial charge < -0.3 is 25.4 Å². The molecule has 0 unspecified atom stereocenters. The number of fused-ring (bicyclic) bond motifs is 1. The number of pyridine rings is 1. The first kappa shape index (κ1) is 23.1. The number of aromatic amines is 3. The molecule has 5 aromatic rings. The number of aromatic hydroxyl groups is 1. The normalized spacial score (nSPS) is 12.2. The number of halogens is 1. The zero-order valence-electron chi connectivity index (χ0n) is 18.8. The summed E-state index contributed by atoms with van der Waals surface area (Å²) in [5, 5.41) is 14.0. The summed E-state index contributed by atoms with van der Waals surface area (Å²) < 4.78 is 0. The molecule has 9 nitrogen and oxygen atoms in total. The first-order valence-electron chi connectivity index (χ1n) is 11.1. The lowest BCUT2D eigenvalue weighted by atomic mass is 10.1. The van der Waals surface area contributed by atoms with Crippen molar-refractivity contribution < 1.29 is 9.90 Å². The Kier molecular flexibility index (Phi) is 6.38. The maximum Gasteiger partial charge on any atom is 0.252 e. The minimum Gasteiger partial charge on any atom is -0.507 e. The predicted molar refractivity (Wildman–Crippen MR) is 137 cm³/mol. The number of carbonyl (C=O) groups is 1. The van der Waals surface area contributed by atoms with Crippen LogP contribution in [0, 0.1) is 0 Å². The van der Waals surface area contributed by atoms with Crippen LogP contribution < -0.4 is 10.9 Å². The number of H-pyrrole nitrogens is 3. The maximum atomic E-state index is 12.7. The first-order chi connectivity index (χ1) is 17.5. The number of hydrogen-bond donors (Lipinski definition) is 5. The van der Waals surface area contributed by atoms with Crippen LogP contribution in [0.5, 0.6) is 5.75 Å². The van der Waals surface area contributed by atoms with Crippen molar-refractivity contribution in [1.29, 1.82) is 0 Å². The van der Waals surface area contributed by atoms with Gasteiger partial charge in [0.2, 0.25) is 5.91 Å². The predicted octanol–water partition coefficient (Wildman–Crippen LogP) is 4.11. The summed E-state index contributed by atoms with van der Waals surface area (Å²) in [6, 6.07) is 15.5. The van der Waals surface area contributed by atoms with Gasteiger partial charge >= 0.3 is 0 Å². The summed E-state index contributed by atoms with van der Waals surface area (Å²) in [6.07, 6.45) is 6.71. The van der Waals surface area contributed by atoms with Crippen molar-refractivity contribution in [3.8, 4) is 17.0 Å². The van der Waals surface area contributed by atoms with Gasteiger partial charge in [0.05, 0.1) is 23.6 Å². The molecule has 5 rings (SSSR count). The molecular weight excluding hydrogens is 480 g/mol. The van der Waals surface area contributed by atoms with Crippen LogP contribution in [0.4, 0.5) is 0 Å². The molecule has 180 valence electrons. The first-order valence-corrected chi connectivity index (χ1v) is 11.5. The molecule has 0 aliphatic rings. The number of amides is 1. The average Bonchev–Trinajstić information content (AvgIpc) is 3.53. The summed E-state index contributed by atoms with van der Waals surface area (Å²) in [7, 11) is 0. The van der Waals surface area contributed by atoms with E-state index in [0.29, 0.717) is 40.1 Å².